The summed E-state index contributed by atoms with van der Waals surface area (Å²) in [6.45, 7) is -0.00380. The fourth-order valence-electron chi connectivity index (χ4n) is 0.631. The van der Waals surface area contributed by atoms with Crippen LogP contribution in [-0.2, 0) is 6.42 Å². The van der Waals surface area contributed by atoms with Crippen molar-refractivity contribution in [3.63, 3.8) is 0 Å². The summed E-state index contributed by atoms with van der Waals surface area (Å²) in [6.07, 6.45) is 0.381. The van der Waals surface area contributed by atoms with Gasteiger partial charge < -0.3 is 21.1 Å². The minimum atomic E-state index is -0.00380. The van der Waals surface area contributed by atoms with Gasteiger partial charge in [-0.25, -0.2) is 0 Å². The molecular formula is C5H9N3O2. The number of aromatic nitrogens is 1. The molecule has 0 aromatic carbocycles. The summed E-state index contributed by atoms with van der Waals surface area (Å²) in [6, 6.07) is 0. The highest BCUT2D eigenvalue weighted by molar-refractivity contribution is 5.58. The molecule has 10 heavy (non-hydrogen) atoms. The van der Waals surface area contributed by atoms with E-state index in [-0.39, 0.29) is 12.5 Å². The van der Waals surface area contributed by atoms with E-state index in [0.29, 0.717) is 17.8 Å². The molecule has 0 aliphatic heterocycles. The van der Waals surface area contributed by atoms with Gasteiger partial charge in [-0.15, -0.1) is 0 Å². The van der Waals surface area contributed by atoms with E-state index in [1.54, 1.807) is 0 Å². The predicted molar refractivity (Wildman–Crippen MR) is 36.1 cm³/mol. The third kappa shape index (κ3) is 1.03. The van der Waals surface area contributed by atoms with Crippen molar-refractivity contribution in [2.45, 2.75) is 6.42 Å². The molecule has 0 fully saturated rings. The third-order valence-electron chi connectivity index (χ3n) is 1.18. The standard InChI is InChI=1S/C5H9N3O2/c6-4-3(1-2-9)8-10-5(4)7/h9H,1-2,6-7H2. The molecule has 0 radical (unpaired) electrons. The number of aliphatic hydroxyl groups is 1. The van der Waals surface area contributed by atoms with Crippen LogP contribution >= 0.6 is 0 Å². The Labute approximate surface area is 57.6 Å². The monoisotopic (exact) mass is 143 g/mol. The quantitative estimate of drug-likeness (QED) is 0.512. The van der Waals surface area contributed by atoms with Crippen molar-refractivity contribution < 1.29 is 9.63 Å². The van der Waals surface area contributed by atoms with Gasteiger partial charge in [-0.3, -0.25) is 0 Å². The lowest BCUT2D eigenvalue weighted by Gasteiger charge is -1.89. The number of nitrogens with zero attached hydrogens (tertiary/aromatic N) is 1. The van der Waals surface area contributed by atoms with Crippen LogP contribution in [0.15, 0.2) is 4.52 Å². The molecule has 1 heterocycles. The number of hydrogen-bond donors (Lipinski definition) is 3. The zero-order chi connectivity index (χ0) is 7.56. The van der Waals surface area contributed by atoms with E-state index >= 15 is 0 Å². The van der Waals surface area contributed by atoms with E-state index in [2.05, 4.69) is 9.68 Å². The number of anilines is 2. The average Bonchev–Trinajstić information content (AvgIpc) is 2.20. The highest BCUT2D eigenvalue weighted by Gasteiger charge is 2.07. The van der Waals surface area contributed by atoms with E-state index in [1.165, 1.54) is 0 Å². The van der Waals surface area contributed by atoms with Crippen LogP contribution in [0.1, 0.15) is 5.69 Å². The Morgan fingerprint density at radius 2 is 2.20 bits per heavy atom. The maximum atomic E-state index is 8.48. The van der Waals surface area contributed by atoms with Gasteiger partial charge >= 0.3 is 0 Å². The molecule has 0 unspecified atom stereocenters. The largest absolute Gasteiger partial charge is 0.396 e. The second kappa shape index (κ2) is 2.57. The van der Waals surface area contributed by atoms with Gasteiger partial charge in [0.2, 0.25) is 5.88 Å². The lowest BCUT2D eigenvalue weighted by molar-refractivity contribution is 0.295. The van der Waals surface area contributed by atoms with Crippen LogP contribution in [0.2, 0.25) is 0 Å². The molecule has 1 rings (SSSR count). The van der Waals surface area contributed by atoms with Crippen LogP contribution in [0.5, 0.6) is 0 Å². The first-order valence-electron chi connectivity index (χ1n) is 2.86. The molecule has 0 amide bonds. The Balaban J connectivity index is 2.83. The summed E-state index contributed by atoms with van der Waals surface area (Å²) < 4.78 is 4.54. The number of rotatable bonds is 2. The Hall–Kier alpha value is -1.23. The summed E-state index contributed by atoms with van der Waals surface area (Å²) >= 11 is 0. The van der Waals surface area contributed by atoms with Gasteiger partial charge in [0, 0.05) is 13.0 Å². The minimum absolute atomic E-state index is 0.00380. The summed E-state index contributed by atoms with van der Waals surface area (Å²) in [5.74, 6) is 0.114. The van der Waals surface area contributed by atoms with Crippen molar-refractivity contribution in [1.29, 1.82) is 0 Å². The molecule has 0 atom stereocenters. The van der Waals surface area contributed by atoms with Gasteiger partial charge in [0.1, 0.15) is 11.4 Å². The third-order valence-corrected chi connectivity index (χ3v) is 1.18. The Morgan fingerprint density at radius 3 is 2.60 bits per heavy atom. The second-order valence-electron chi connectivity index (χ2n) is 1.88. The molecule has 5 nitrogen and oxygen atoms in total. The molecule has 5 heteroatoms. The smallest absolute Gasteiger partial charge is 0.245 e. The van der Waals surface area contributed by atoms with Gasteiger partial charge in [0.05, 0.1) is 0 Å². The molecule has 0 saturated heterocycles. The highest BCUT2D eigenvalue weighted by Crippen LogP contribution is 2.18. The summed E-state index contributed by atoms with van der Waals surface area (Å²) in [5, 5.41) is 12.0. The first kappa shape index (κ1) is 6.88. The van der Waals surface area contributed by atoms with Gasteiger partial charge in [-0.1, -0.05) is 5.16 Å². The summed E-state index contributed by atoms with van der Waals surface area (Å²) in [4.78, 5) is 0. The van der Waals surface area contributed by atoms with Crippen LogP contribution in [0.4, 0.5) is 11.6 Å². The zero-order valence-corrected chi connectivity index (χ0v) is 5.37. The summed E-state index contributed by atoms with van der Waals surface area (Å²) in [7, 11) is 0. The molecule has 0 aliphatic rings. The Morgan fingerprint density at radius 1 is 1.50 bits per heavy atom. The molecule has 1 aromatic rings. The van der Waals surface area contributed by atoms with Gasteiger partial charge in [-0.05, 0) is 0 Å². The Kier molecular flexibility index (Phi) is 1.77. The lowest BCUT2D eigenvalue weighted by atomic mass is 10.3. The van der Waals surface area contributed by atoms with Gasteiger partial charge in [0.15, 0.2) is 0 Å². The molecule has 56 valence electrons. The molecule has 1 aromatic heterocycles. The van der Waals surface area contributed by atoms with Crippen molar-refractivity contribution in [2.75, 3.05) is 18.1 Å². The SMILES string of the molecule is Nc1onc(CCO)c1N. The van der Waals surface area contributed by atoms with Crippen molar-refractivity contribution in [1.82, 2.24) is 5.16 Å². The molecule has 0 bridgehead atoms. The van der Waals surface area contributed by atoms with Crippen molar-refractivity contribution in [2.24, 2.45) is 0 Å². The fourth-order valence-corrected chi connectivity index (χ4v) is 0.631. The van der Waals surface area contributed by atoms with Gasteiger partial charge in [0.25, 0.3) is 0 Å². The number of aliphatic hydroxyl groups excluding tert-OH is 1. The fraction of sp³-hybridized carbons (Fsp3) is 0.400. The number of nitrogen functional groups attached to an aromatic ring is 2. The van der Waals surface area contributed by atoms with Crippen molar-refractivity contribution >= 4 is 11.6 Å². The normalized spacial score (nSPS) is 10.1. The van der Waals surface area contributed by atoms with Crippen molar-refractivity contribution in [3.8, 4) is 0 Å². The van der Waals surface area contributed by atoms with E-state index < -0.39 is 0 Å². The molecular weight excluding hydrogens is 134 g/mol. The average molecular weight is 143 g/mol. The summed E-state index contributed by atoms with van der Waals surface area (Å²) in [5.41, 5.74) is 11.5. The van der Waals surface area contributed by atoms with Gasteiger partial charge in [-0.2, -0.15) is 0 Å². The topological polar surface area (TPSA) is 98.3 Å². The van der Waals surface area contributed by atoms with E-state index in [0.717, 1.165) is 0 Å². The second-order valence-corrected chi connectivity index (χ2v) is 1.88. The molecule has 0 saturated carbocycles. The van der Waals surface area contributed by atoms with E-state index in [1.807, 2.05) is 0 Å². The van der Waals surface area contributed by atoms with Crippen LogP contribution in [-0.4, -0.2) is 16.9 Å². The highest BCUT2D eigenvalue weighted by atomic mass is 16.5. The van der Waals surface area contributed by atoms with Crippen LogP contribution < -0.4 is 11.5 Å². The number of hydrogen-bond acceptors (Lipinski definition) is 5. The van der Waals surface area contributed by atoms with Crippen molar-refractivity contribution in [3.05, 3.63) is 5.69 Å². The number of nitrogens with two attached hydrogens (primary N) is 2. The first-order valence-corrected chi connectivity index (χ1v) is 2.86. The van der Waals surface area contributed by atoms with Crippen LogP contribution in [0.25, 0.3) is 0 Å². The maximum absolute atomic E-state index is 8.48. The first-order chi connectivity index (χ1) is 4.75. The van der Waals surface area contributed by atoms with E-state index in [9.17, 15) is 0 Å². The zero-order valence-electron chi connectivity index (χ0n) is 5.37. The van der Waals surface area contributed by atoms with Crippen LogP contribution in [0.3, 0.4) is 0 Å². The lowest BCUT2D eigenvalue weighted by Crippen LogP contribution is -1.97. The van der Waals surface area contributed by atoms with E-state index in [4.69, 9.17) is 16.6 Å². The predicted octanol–water partition coefficient (Wildman–Crippen LogP) is -0.626. The molecule has 5 N–H and O–H groups in total. The van der Waals surface area contributed by atoms with Crippen LogP contribution in [0, 0.1) is 0 Å². The molecule has 0 aliphatic carbocycles. The molecule has 0 spiro atoms. The Bertz CT molecular complexity index is 221. The maximum Gasteiger partial charge on any atom is 0.245 e. The minimum Gasteiger partial charge on any atom is -0.396 e.